The predicted octanol–water partition coefficient (Wildman–Crippen LogP) is 1.96. The van der Waals surface area contributed by atoms with Crippen LogP contribution < -0.4 is 10.6 Å². The van der Waals surface area contributed by atoms with Gasteiger partial charge in [0.05, 0.1) is 19.0 Å². The zero-order valence-corrected chi connectivity index (χ0v) is 11.2. The number of nitrogens with one attached hydrogen (secondary N) is 2. The highest BCUT2D eigenvalue weighted by molar-refractivity contribution is 5.85. The van der Waals surface area contributed by atoms with Gasteiger partial charge < -0.3 is 10.6 Å². The minimum Gasteiger partial charge on any atom is -0.354 e. The summed E-state index contributed by atoms with van der Waals surface area (Å²) in [4.78, 5) is 11.5. The van der Waals surface area contributed by atoms with E-state index in [1.54, 1.807) is 0 Å². The molecule has 4 nitrogen and oxygen atoms in total. The molecule has 0 saturated carbocycles. The Labute approximate surface area is 118 Å². The van der Waals surface area contributed by atoms with E-state index in [4.69, 9.17) is 5.26 Å². The van der Waals surface area contributed by atoms with E-state index in [0.717, 1.165) is 0 Å². The second-order valence-corrected chi connectivity index (χ2v) is 4.50. The number of carbonyl (C=O) groups is 1. The fraction of sp³-hybridized carbons (Fsp3) is 0.250. The first-order valence-corrected chi connectivity index (χ1v) is 6.62. The minimum atomic E-state index is -0.0829. The van der Waals surface area contributed by atoms with E-state index < -0.39 is 0 Å². The summed E-state index contributed by atoms with van der Waals surface area (Å²) in [5.41, 5.74) is 1.17. The molecule has 4 heteroatoms. The number of hydrogen-bond donors (Lipinski definition) is 2. The van der Waals surface area contributed by atoms with Gasteiger partial charge in [0, 0.05) is 13.1 Å². The van der Waals surface area contributed by atoms with Crippen LogP contribution in [-0.4, -0.2) is 19.0 Å². The SMILES string of the molecule is N#CCCNC(=O)CNCc1cccc2ccccc12. The summed E-state index contributed by atoms with van der Waals surface area (Å²) in [6, 6.07) is 16.3. The Balaban J connectivity index is 1.87. The number of nitrogens with zero attached hydrogens (tertiary/aromatic N) is 1. The number of fused-ring (bicyclic) bond motifs is 1. The first-order valence-electron chi connectivity index (χ1n) is 6.62. The topological polar surface area (TPSA) is 64.9 Å². The van der Waals surface area contributed by atoms with Gasteiger partial charge in [0.2, 0.25) is 5.91 Å². The van der Waals surface area contributed by atoms with Gasteiger partial charge in [-0.1, -0.05) is 42.5 Å². The van der Waals surface area contributed by atoms with Crippen molar-refractivity contribution in [2.45, 2.75) is 13.0 Å². The molecule has 2 rings (SSSR count). The summed E-state index contributed by atoms with van der Waals surface area (Å²) >= 11 is 0. The van der Waals surface area contributed by atoms with Crippen LogP contribution in [-0.2, 0) is 11.3 Å². The summed E-state index contributed by atoms with van der Waals surface area (Å²) in [6.45, 7) is 1.31. The van der Waals surface area contributed by atoms with Crippen LogP contribution in [0.3, 0.4) is 0 Å². The Morgan fingerprint density at radius 3 is 2.80 bits per heavy atom. The van der Waals surface area contributed by atoms with E-state index in [0.29, 0.717) is 19.5 Å². The normalized spacial score (nSPS) is 10.2. The van der Waals surface area contributed by atoms with E-state index in [1.807, 2.05) is 24.3 Å². The second-order valence-electron chi connectivity index (χ2n) is 4.50. The maximum atomic E-state index is 11.5. The lowest BCUT2D eigenvalue weighted by atomic mass is 10.0. The maximum Gasteiger partial charge on any atom is 0.234 e. The van der Waals surface area contributed by atoms with Crippen molar-refractivity contribution >= 4 is 16.7 Å². The van der Waals surface area contributed by atoms with E-state index in [2.05, 4.69) is 34.9 Å². The van der Waals surface area contributed by atoms with Crippen molar-refractivity contribution in [1.82, 2.24) is 10.6 Å². The fourth-order valence-electron chi connectivity index (χ4n) is 2.08. The average Bonchev–Trinajstić information content (AvgIpc) is 2.48. The molecule has 102 valence electrons. The van der Waals surface area contributed by atoms with Crippen molar-refractivity contribution < 1.29 is 4.79 Å². The number of amides is 1. The van der Waals surface area contributed by atoms with Crippen LogP contribution in [0.4, 0.5) is 0 Å². The molecular formula is C16H17N3O. The standard InChI is InChI=1S/C16H17N3O/c17-9-4-10-19-16(20)12-18-11-14-7-3-6-13-5-1-2-8-15(13)14/h1-3,5-8,18H,4,10-12H2,(H,19,20). The molecule has 0 radical (unpaired) electrons. The van der Waals surface area contributed by atoms with Gasteiger partial charge in [0.15, 0.2) is 0 Å². The van der Waals surface area contributed by atoms with Crippen LogP contribution in [0.25, 0.3) is 10.8 Å². The summed E-state index contributed by atoms with van der Waals surface area (Å²) < 4.78 is 0. The number of hydrogen-bond acceptors (Lipinski definition) is 3. The zero-order valence-electron chi connectivity index (χ0n) is 11.2. The van der Waals surface area contributed by atoms with Crippen LogP contribution in [0.1, 0.15) is 12.0 Å². The predicted molar refractivity (Wildman–Crippen MR) is 78.9 cm³/mol. The fourth-order valence-corrected chi connectivity index (χ4v) is 2.08. The molecule has 0 saturated heterocycles. The van der Waals surface area contributed by atoms with Crippen LogP contribution >= 0.6 is 0 Å². The highest BCUT2D eigenvalue weighted by Gasteiger charge is 2.02. The van der Waals surface area contributed by atoms with E-state index >= 15 is 0 Å². The second kappa shape index (κ2) is 7.27. The smallest absolute Gasteiger partial charge is 0.234 e. The van der Waals surface area contributed by atoms with Gasteiger partial charge >= 0.3 is 0 Å². The lowest BCUT2D eigenvalue weighted by molar-refractivity contribution is -0.120. The molecule has 20 heavy (non-hydrogen) atoms. The molecule has 2 aromatic carbocycles. The third-order valence-corrected chi connectivity index (χ3v) is 3.04. The van der Waals surface area contributed by atoms with E-state index in [-0.39, 0.29) is 12.5 Å². The summed E-state index contributed by atoms with van der Waals surface area (Å²) in [7, 11) is 0. The highest BCUT2D eigenvalue weighted by Crippen LogP contribution is 2.17. The molecule has 0 fully saturated rings. The molecule has 0 unspecified atom stereocenters. The molecule has 0 spiro atoms. The first-order chi connectivity index (χ1) is 9.81. The largest absolute Gasteiger partial charge is 0.354 e. The van der Waals surface area contributed by atoms with Gasteiger partial charge in [-0.15, -0.1) is 0 Å². The lowest BCUT2D eigenvalue weighted by Crippen LogP contribution is -2.34. The van der Waals surface area contributed by atoms with Gasteiger partial charge in [-0.2, -0.15) is 5.26 Å². The zero-order chi connectivity index (χ0) is 14.2. The van der Waals surface area contributed by atoms with Crippen LogP contribution in [0.15, 0.2) is 42.5 Å². The molecule has 0 atom stereocenters. The Bertz CT molecular complexity index is 626. The molecule has 0 aromatic heterocycles. The number of benzene rings is 2. The van der Waals surface area contributed by atoms with Crippen LogP contribution in [0.2, 0.25) is 0 Å². The molecule has 2 aromatic rings. The maximum absolute atomic E-state index is 11.5. The third-order valence-electron chi connectivity index (χ3n) is 3.04. The van der Waals surface area contributed by atoms with Crippen molar-refractivity contribution in [3.05, 3.63) is 48.0 Å². The summed E-state index contributed by atoms with van der Waals surface area (Å²) in [6.07, 6.45) is 0.342. The molecule has 0 aliphatic rings. The van der Waals surface area contributed by atoms with Crippen LogP contribution in [0.5, 0.6) is 0 Å². The number of nitriles is 1. The highest BCUT2D eigenvalue weighted by atomic mass is 16.1. The quantitative estimate of drug-likeness (QED) is 0.786. The average molecular weight is 267 g/mol. The minimum absolute atomic E-state index is 0.0829. The van der Waals surface area contributed by atoms with E-state index in [9.17, 15) is 4.79 Å². The molecular weight excluding hydrogens is 250 g/mol. The molecule has 0 aliphatic heterocycles. The Morgan fingerprint density at radius 1 is 1.15 bits per heavy atom. The lowest BCUT2D eigenvalue weighted by Gasteiger charge is -2.08. The van der Waals surface area contributed by atoms with Crippen molar-refractivity contribution in [2.24, 2.45) is 0 Å². The Morgan fingerprint density at radius 2 is 1.95 bits per heavy atom. The van der Waals surface area contributed by atoms with Gasteiger partial charge in [-0.25, -0.2) is 0 Å². The number of rotatable bonds is 6. The van der Waals surface area contributed by atoms with Crippen molar-refractivity contribution in [2.75, 3.05) is 13.1 Å². The van der Waals surface area contributed by atoms with Gasteiger partial charge in [0.1, 0.15) is 0 Å². The van der Waals surface area contributed by atoms with E-state index in [1.165, 1.54) is 16.3 Å². The monoisotopic (exact) mass is 267 g/mol. The van der Waals surface area contributed by atoms with Crippen molar-refractivity contribution in [3.63, 3.8) is 0 Å². The summed E-state index contributed by atoms with van der Waals surface area (Å²) in [5, 5.41) is 16.6. The number of carbonyl (C=O) groups excluding carboxylic acids is 1. The molecule has 0 heterocycles. The van der Waals surface area contributed by atoms with Crippen LogP contribution in [0, 0.1) is 11.3 Å². The molecule has 2 N–H and O–H groups in total. The molecule has 1 amide bonds. The first kappa shape index (κ1) is 14.0. The Kier molecular flexibility index (Phi) is 5.10. The molecule has 0 bridgehead atoms. The summed E-state index contributed by atoms with van der Waals surface area (Å²) in [5.74, 6) is -0.0829. The van der Waals surface area contributed by atoms with Crippen molar-refractivity contribution in [1.29, 1.82) is 5.26 Å². The van der Waals surface area contributed by atoms with Gasteiger partial charge in [-0.05, 0) is 16.3 Å². The van der Waals surface area contributed by atoms with Gasteiger partial charge in [0.25, 0.3) is 0 Å². The van der Waals surface area contributed by atoms with Crippen molar-refractivity contribution in [3.8, 4) is 6.07 Å². The third kappa shape index (κ3) is 3.81. The Hall–Kier alpha value is -2.38. The van der Waals surface area contributed by atoms with Gasteiger partial charge in [-0.3, -0.25) is 4.79 Å². The molecule has 0 aliphatic carbocycles.